The summed E-state index contributed by atoms with van der Waals surface area (Å²) in [5.41, 5.74) is 2.88. The standard InChI is InChI=1S/C20H17N3O2S/c1-3-13-8-10-14(11-9-13)12-17-19(24)23-20(26-17)21-18(22-23)15-6-4-5-7-16(15)25-2/h4-12H,3H2,1-2H3/b17-12-. The van der Waals surface area contributed by atoms with Crippen LogP contribution in [0.5, 0.6) is 5.75 Å². The van der Waals surface area contributed by atoms with Crippen LogP contribution in [0.3, 0.4) is 0 Å². The lowest BCUT2D eigenvalue weighted by atomic mass is 10.1. The first kappa shape index (κ1) is 16.5. The second-order valence-electron chi connectivity index (χ2n) is 5.84. The van der Waals surface area contributed by atoms with Crippen molar-refractivity contribution in [2.75, 3.05) is 7.11 Å². The number of thiazole rings is 1. The van der Waals surface area contributed by atoms with E-state index >= 15 is 0 Å². The van der Waals surface area contributed by atoms with Gasteiger partial charge in [0.15, 0.2) is 5.82 Å². The molecule has 0 unspecified atom stereocenters. The van der Waals surface area contributed by atoms with E-state index in [1.807, 2.05) is 42.5 Å². The maximum Gasteiger partial charge on any atom is 0.291 e. The fourth-order valence-electron chi connectivity index (χ4n) is 2.78. The maximum absolute atomic E-state index is 12.7. The van der Waals surface area contributed by atoms with Gasteiger partial charge in [0.2, 0.25) is 4.96 Å². The molecule has 0 saturated heterocycles. The quantitative estimate of drug-likeness (QED) is 0.559. The van der Waals surface area contributed by atoms with Crippen molar-refractivity contribution in [1.82, 2.24) is 14.6 Å². The van der Waals surface area contributed by atoms with Gasteiger partial charge in [0, 0.05) is 0 Å². The van der Waals surface area contributed by atoms with E-state index in [-0.39, 0.29) is 5.56 Å². The van der Waals surface area contributed by atoms with Crippen molar-refractivity contribution in [1.29, 1.82) is 0 Å². The fourth-order valence-corrected chi connectivity index (χ4v) is 3.69. The summed E-state index contributed by atoms with van der Waals surface area (Å²) >= 11 is 1.34. The molecule has 0 aliphatic heterocycles. The zero-order valence-electron chi connectivity index (χ0n) is 14.5. The number of rotatable bonds is 4. The van der Waals surface area contributed by atoms with Crippen LogP contribution in [0.4, 0.5) is 0 Å². The van der Waals surface area contributed by atoms with Crippen LogP contribution >= 0.6 is 11.3 Å². The summed E-state index contributed by atoms with van der Waals surface area (Å²) < 4.78 is 7.33. The van der Waals surface area contributed by atoms with E-state index in [9.17, 15) is 4.79 Å². The number of aryl methyl sites for hydroxylation is 1. The van der Waals surface area contributed by atoms with Crippen LogP contribution in [-0.4, -0.2) is 21.7 Å². The number of fused-ring (bicyclic) bond motifs is 1. The zero-order valence-corrected chi connectivity index (χ0v) is 15.3. The minimum absolute atomic E-state index is 0.154. The van der Waals surface area contributed by atoms with E-state index in [1.54, 1.807) is 7.11 Å². The van der Waals surface area contributed by atoms with E-state index in [4.69, 9.17) is 4.74 Å². The van der Waals surface area contributed by atoms with E-state index in [1.165, 1.54) is 21.4 Å². The third-order valence-electron chi connectivity index (χ3n) is 4.22. The Bertz CT molecular complexity index is 1180. The van der Waals surface area contributed by atoms with Gasteiger partial charge in [-0.1, -0.05) is 54.7 Å². The Morgan fingerprint density at radius 2 is 1.92 bits per heavy atom. The summed E-state index contributed by atoms with van der Waals surface area (Å²) in [5.74, 6) is 1.17. The van der Waals surface area contributed by atoms with Gasteiger partial charge in [-0.25, -0.2) is 0 Å². The monoisotopic (exact) mass is 363 g/mol. The van der Waals surface area contributed by atoms with Gasteiger partial charge in [-0.05, 0) is 35.8 Å². The van der Waals surface area contributed by atoms with Crippen molar-refractivity contribution < 1.29 is 4.74 Å². The normalized spacial score (nSPS) is 12.0. The van der Waals surface area contributed by atoms with Gasteiger partial charge in [0.25, 0.3) is 5.56 Å². The highest BCUT2D eigenvalue weighted by Gasteiger charge is 2.14. The molecule has 0 radical (unpaired) electrons. The summed E-state index contributed by atoms with van der Waals surface area (Å²) in [6.45, 7) is 2.12. The van der Waals surface area contributed by atoms with Gasteiger partial charge < -0.3 is 4.74 Å². The molecule has 0 spiro atoms. The van der Waals surface area contributed by atoms with Gasteiger partial charge in [-0.2, -0.15) is 9.50 Å². The van der Waals surface area contributed by atoms with Crippen LogP contribution in [0, 0.1) is 0 Å². The molecule has 4 aromatic rings. The predicted octanol–water partition coefficient (Wildman–Crippen LogP) is 2.94. The molecule has 2 heterocycles. The molecule has 6 heteroatoms. The average molecular weight is 363 g/mol. The Hall–Kier alpha value is -2.99. The molecule has 0 amide bonds. The van der Waals surface area contributed by atoms with E-state index in [2.05, 4.69) is 29.1 Å². The van der Waals surface area contributed by atoms with Gasteiger partial charge >= 0.3 is 0 Å². The van der Waals surface area contributed by atoms with Crippen molar-refractivity contribution in [3.63, 3.8) is 0 Å². The molecule has 0 aliphatic rings. The van der Waals surface area contributed by atoms with Gasteiger partial charge in [0.05, 0.1) is 17.2 Å². The lowest BCUT2D eigenvalue weighted by Crippen LogP contribution is -2.23. The second-order valence-corrected chi connectivity index (χ2v) is 6.85. The minimum Gasteiger partial charge on any atom is -0.496 e. The van der Waals surface area contributed by atoms with Crippen molar-refractivity contribution in [3.05, 3.63) is 74.5 Å². The Morgan fingerprint density at radius 3 is 2.62 bits per heavy atom. The number of nitrogens with zero attached hydrogens (tertiary/aromatic N) is 3. The number of methoxy groups -OCH3 is 1. The molecule has 0 aliphatic carbocycles. The highest BCUT2D eigenvalue weighted by atomic mass is 32.1. The molecule has 26 heavy (non-hydrogen) atoms. The Kier molecular flexibility index (Phi) is 4.26. The molecule has 4 rings (SSSR count). The number of hydrogen-bond acceptors (Lipinski definition) is 5. The van der Waals surface area contributed by atoms with Crippen LogP contribution in [-0.2, 0) is 6.42 Å². The number of benzene rings is 2. The summed E-state index contributed by atoms with van der Waals surface area (Å²) in [6, 6.07) is 15.7. The van der Waals surface area contributed by atoms with Gasteiger partial charge in [-0.15, -0.1) is 5.10 Å². The highest BCUT2D eigenvalue weighted by Crippen LogP contribution is 2.27. The largest absolute Gasteiger partial charge is 0.496 e. The highest BCUT2D eigenvalue weighted by molar-refractivity contribution is 7.15. The molecule has 0 atom stereocenters. The summed E-state index contributed by atoms with van der Waals surface area (Å²) in [6.07, 6.45) is 2.88. The lowest BCUT2D eigenvalue weighted by Gasteiger charge is -2.03. The van der Waals surface area contributed by atoms with Crippen LogP contribution < -0.4 is 14.8 Å². The molecule has 0 saturated carbocycles. The van der Waals surface area contributed by atoms with Crippen LogP contribution in [0.1, 0.15) is 18.1 Å². The summed E-state index contributed by atoms with van der Waals surface area (Å²) in [4.78, 5) is 17.8. The molecule has 0 bridgehead atoms. The zero-order chi connectivity index (χ0) is 18.1. The number of hydrogen-bond donors (Lipinski definition) is 0. The molecule has 5 nitrogen and oxygen atoms in total. The Balaban J connectivity index is 1.78. The number of para-hydroxylation sites is 1. The molecule has 2 aromatic heterocycles. The van der Waals surface area contributed by atoms with Gasteiger partial charge in [-0.3, -0.25) is 4.79 Å². The average Bonchev–Trinajstić information content (AvgIpc) is 3.22. The molecule has 2 aromatic carbocycles. The minimum atomic E-state index is -0.154. The smallest absolute Gasteiger partial charge is 0.291 e. The molecular weight excluding hydrogens is 346 g/mol. The van der Waals surface area contributed by atoms with Crippen LogP contribution in [0.15, 0.2) is 53.3 Å². The summed E-state index contributed by atoms with van der Waals surface area (Å²) in [5, 5.41) is 4.38. The maximum atomic E-state index is 12.7. The first-order valence-corrected chi connectivity index (χ1v) is 9.15. The Labute approximate surface area is 154 Å². The van der Waals surface area contributed by atoms with E-state index < -0.39 is 0 Å². The predicted molar refractivity (Wildman–Crippen MR) is 104 cm³/mol. The molecular formula is C20H17N3O2S. The fraction of sp³-hybridized carbons (Fsp3) is 0.150. The summed E-state index contributed by atoms with van der Waals surface area (Å²) in [7, 11) is 1.60. The molecule has 0 N–H and O–H groups in total. The van der Waals surface area contributed by atoms with Crippen molar-refractivity contribution in [3.8, 4) is 17.1 Å². The second kappa shape index (κ2) is 6.72. The van der Waals surface area contributed by atoms with E-state index in [0.29, 0.717) is 21.1 Å². The van der Waals surface area contributed by atoms with Crippen molar-refractivity contribution in [2.45, 2.75) is 13.3 Å². The SMILES string of the molecule is CCc1ccc(/C=c2\sc3nc(-c4ccccc4OC)nn3c2=O)cc1. The molecule has 130 valence electrons. The van der Waals surface area contributed by atoms with Crippen LogP contribution in [0.2, 0.25) is 0 Å². The number of ether oxygens (including phenoxy) is 1. The van der Waals surface area contributed by atoms with Crippen molar-refractivity contribution >= 4 is 22.4 Å². The third-order valence-corrected chi connectivity index (χ3v) is 5.17. The topological polar surface area (TPSA) is 56.5 Å². The number of aromatic nitrogens is 3. The Morgan fingerprint density at radius 1 is 1.15 bits per heavy atom. The van der Waals surface area contributed by atoms with Crippen LogP contribution in [0.25, 0.3) is 22.4 Å². The first-order valence-electron chi connectivity index (χ1n) is 8.33. The van der Waals surface area contributed by atoms with Crippen molar-refractivity contribution in [2.24, 2.45) is 0 Å². The third kappa shape index (κ3) is 2.88. The van der Waals surface area contributed by atoms with Gasteiger partial charge in [0.1, 0.15) is 5.75 Å². The van der Waals surface area contributed by atoms with E-state index in [0.717, 1.165) is 17.5 Å². The first-order chi connectivity index (χ1) is 12.7. The lowest BCUT2D eigenvalue weighted by molar-refractivity contribution is 0.416. The molecule has 0 fully saturated rings.